The van der Waals surface area contributed by atoms with Gasteiger partial charge in [-0.15, -0.1) is 0 Å². The highest BCUT2D eigenvalue weighted by molar-refractivity contribution is 7.99. The SMILES string of the molecule is Cc1nc(N2CCSCC2)ccc1CNC(C)(C)C. The van der Waals surface area contributed by atoms with Crippen molar-refractivity contribution >= 4 is 17.6 Å². The zero-order chi connectivity index (χ0) is 13.9. The van der Waals surface area contributed by atoms with Crippen molar-refractivity contribution in [2.45, 2.75) is 39.8 Å². The van der Waals surface area contributed by atoms with Crippen LogP contribution in [0, 0.1) is 6.92 Å². The zero-order valence-electron chi connectivity index (χ0n) is 12.5. The third-order valence-corrected chi connectivity index (χ3v) is 4.27. The van der Waals surface area contributed by atoms with Crippen molar-refractivity contribution in [2.24, 2.45) is 0 Å². The highest BCUT2D eigenvalue weighted by atomic mass is 32.2. The largest absolute Gasteiger partial charge is 0.355 e. The lowest BCUT2D eigenvalue weighted by Crippen LogP contribution is -2.35. The van der Waals surface area contributed by atoms with Gasteiger partial charge in [0.25, 0.3) is 0 Å². The first-order chi connectivity index (χ1) is 8.96. The Kier molecular flexibility index (Phi) is 4.74. The van der Waals surface area contributed by atoms with E-state index in [0.717, 1.165) is 31.1 Å². The Morgan fingerprint density at radius 2 is 1.95 bits per heavy atom. The summed E-state index contributed by atoms with van der Waals surface area (Å²) in [6.45, 7) is 11.8. The number of pyridine rings is 1. The summed E-state index contributed by atoms with van der Waals surface area (Å²) in [7, 11) is 0. The van der Waals surface area contributed by atoms with E-state index in [0.29, 0.717) is 0 Å². The fourth-order valence-corrected chi connectivity index (χ4v) is 3.00. The van der Waals surface area contributed by atoms with Gasteiger partial charge in [-0.3, -0.25) is 0 Å². The first-order valence-corrected chi connectivity index (χ1v) is 8.15. The van der Waals surface area contributed by atoms with Crippen molar-refractivity contribution in [3.05, 3.63) is 23.4 Å². The van der Waals surface area contributed by atoms with Gasteiger partial charge in [0.05, 0.1) is 0 Å². The Hall–Kier alpha value is -0.740. The van der Waals surface area contributed by atoms with Gasteiger partial charge < -0.3 is 10.2 Å². The molecule has 106 valence electrons. The monoisotopic (exact) mass is 279 g/mol. The smallest absolute Gasteiger partial charge is 0.128 e. The van der Waals surface area contributed by atoms with E-state index in [1.165, 1.54) is 17.1 Å². The number of nitrogens with zero attached hydrogens (tertiary/aromatic N) is 2. The molecular weight excluding hydrogens is 254 g/mol. The van der Waals surface area contributed by atoms with Crippen LogP contribution in [0.5, 0.6) is 0 Å². The molecular formula is C15H25N3S. The predicted octanol–water partition coefficient (Wildman–Crippen LogP) is 2.83. The second-order valence-electron chi connectivity index (χ2n) is 6.12. The fraction of sp³-hybridized carbons (Fsp3) is 0.667. The van der Waals surface area contributed by atoms with Crippen molar-refractivity contribution in [1.29, 1.82) is 0 Å². The molecule has 0 radical (unpaired) electrons. The van der Waals surface area contributed by atoms with Crippen LogP contribution in [0.3, 0.4) is 0 Å². The number of anilines is 1. The van der Waals surface area contributed by atoms with Crippen LogP contribution in [0.15, 0.2) is 12.1 Å². The molecule has 2 rings (SSSR count). The molecule has 0 atom stereocenters. The van der Waals surface area contributed by atoms with E-state index in [1.54, 1.807) is 0 Å². The highest BCUT2D eigenvalue weighted by Gasteiger charge is 2.14. The van der Waals surface area contributed by atoms with Gasteiger partial charge in [0.1, 0.15) is 5.82 Å². The summed E-state index contributed by atoms with van der Waals surface area (Å²) in [5.41, 5.74) is 2.59. The van der Waals surface area contributed by atoms with Crippen molar-refractivity contribution in [1.82, 2.24) is 10.3 Å². The first-order valence-electron chi connectivity index (χ1n) is 7.00. The molecule has 4 heteroatoms. The minimum Gasteiger partial charge on any atom is -0.355 e. The second kappa shape index (κ2) is 6.14. The van der Waals surface area contributed by atoms with Crippen molar-refractivity contribution in [3.8, 4) is 0 Å². The summed E-state index contributed by atoms with van der Waals surface area (Å²) in [4.78, 5) is 7.17. The molecule has 0 unspecified atom stereocenters. The minimum atomic E-state index is 0.148. The molecule has 1 saturated heterocycles. The van der Waals surface area contributed by atoms with Gasteiger partial charge in [0.2, 0.25) is 0 Å². The molecule has 0 aliphatic carbocycles. The highest BCUT2D eigenvalue weighted by Crippen LogP contribution is 2.19. The Bertz CT molecular complexity index is 420. The zero-order valence-corrected chi connectivity index (χ0v) is 13.3. The summed E-state index contributed by atoms with van der Waals surface area (Å²) in [6, 6.07) is 4.39. The van der Waals surface area contributed by atoms with E-state index >= 15 is 0 Å². The average Bonchev–Trinajstić information content (AvgIpc) is 2.37. The number of hydrogen-bond donors (Lipinski definition) is 1. The van der Waals surface area contributed by atoms with Gasteiger partial charge >= 0.3 is 0 Å². The summed E-state index contributed by atoms with van der Waals surface area (Å²) in [6.07, 6.45) is 0. The Balaban J connectivity index is 2.04. The molecule has 19 heavy (non-hydrogen) atoms. The van der Waals surface area contributed by atoms with E-state index < -0.39 is 0 Å². The summed E-state index contributed by atoms with van der Waals surface area (Å²) >= 11 is 2.03. The summed E-state index contributed by atoms with van der Waals surface area (Å²) < 4.78 is 0. The Morgan fingerprint density at radius 3 is 2.53 bits per heavy atom. The minimum absolute atomic E-state index is 0.148. The van der Waals surface area contributed by atoms with E-state index in [4.69, 9.17) is 4.98 Å². The molecule has 0 aromatic carbocycles. The topological polar surface area (TPSA) is 28.2 Å². The molecule has 0 saturated carbocycles. The van der Waals surface area contributed by atoms with E-state index in [9.17, 15) is 0 Å². The molecule has 1 N–H and O–H groups in total. The molecule has 1 fully saturated rings. The van der Waals surface area contributed by atoms with Crippen LogP contribution < -0.4 is 10.2 Å². The van der Waals surface area contributed by atoms with E-state index in [2.05, 4.69) is 50.0 Å². The molecule has 0 bridgehead atoms. The summed E-state index contributed by atoms with van der Waals surface area (Å²) in [5.74, 6) is 3.57. The van der Waals surface area contributed by atoms with Crippen LogP contribution in [-0.4, -0.2) is 35.1 Å². The maximum Gasteiger partial charge on any atom is 0.128 e. The number of nitrogens with one attached hydrogen (secondary N) is 1. The van der Waals surface area contributed by atoms with Crippen molar-refractivity contribution in [2.75, 3.05) is 29.5 Å². The average molecular weight is 279 g/mol. The Labute approximate surface area is 121 Å². The molecule has 1 aliphatic rings. The molecule has 2 heterocycles. The predicted molar refractivity (Wildman–Crippen MR) is 85.1 cm³/mol. The van der Waals surface area contributed by atoms with Crippen LogP contribution >= 0.6 is 11.8 Å². The maximum absolute atomic E-state index is 4.77. The van der Waals surface area contributed by atoms with Crippen LogP contribution in [0.25, 0.3) is 0 Å². The quantitative estimate of drug-likeness (QED) is 0.921. The number of aryl methyl sites for hydroxylation is 1. The number of thioether (sulfide) groups is 1. The normalized spacial score (nSPS) is 16.7. The van der Waals surface area contributed by atoms with Gasteiger partial charge in [0, 0.05) is 42.4 Å². The van der Waals surface area contributed by atoms with Crippen molar-refractivity contribution in [3.63, 3.8) is 0 Å². The lowest BCUT2D eigenvalue weighted by atomic mass is 10.1. The number of rotatable bonds is 3. The lowest BCUT2D eigenvalue weighted by Gasteiger charge is -2.28. The molecule has 1 aromatic heterocycles. The van der Waals surface area contributed by atoms with Crippen LogP contribution in [0.1, 0.15) is 32.0 Å². The van der Waals surface area contributed by atoms with E-state index in [-0.39, 0.29) is 5.54 Å². The van der Waals surface area contributed by atoms with Crippen LogP contribution in [0.4, 0.5) is 5.82 Å². The third-order valence-electron chi connectivity index (χ3n) is 3.32. The van der Waals surface area contributed by atoms with Gasteiger partial charge in [-0.25, -0.2) is 4.98 Å². The fourth-order valence-electron chi connectivity index (χ4n) is 2.09. The maximum atomic E-state index is 4.77. The van der Waals surface area contributed by atoms with E-state index in [1.807, 2.05) is 11.8 Å². The molecule has 1 aliphatic heterocycles. The second-order valence-corrected chi connectivity index (χ2v) is 7.34. The molecule has 0 spiro atoms. The molecule has 1 aromatic rings. The van der Waals surface area contributed by atoms with Gasteiger partial charge in [-0.05, 0) is 39.3 Å². The van der Waals surface area contributed by atoms with Crippen LogP contribution in [-0.2, 0) is 6.54 Å². The number of hydrogen-bond acceptors (Lipinski definition) is 4. The Morgan fingerprint density at radius 1 is 1.26 bits per heavy atom. The van der Waals surface area contributed by atoms with Crippen molar-refractivity contribution < 1.29 is 0 Å². The molecule has 3 nitrogen and oxygen atoms in total. The number of aromatic nitrogens is 1. The first kappa shape index (κ1) is 14.7. The lowest BCUT2D eigenvalue weighted by molar-refractivity contribution is 0.423. The van der Waals surface area contributed by atoms with Crippen LogP contribution in [0.2, 0.25) is 0 Å². The van der Waals surface area contributed by atoms with Gasteiger partial charge in [-0.1, -0.05) is 6.07 Å². The third kappa shape index (κ3) is 4.39. The van der Waals surface area contributed by atoms with Gasteiger partial charge in [-0.2, -0.15) is 11.8 Å². The standard InChI is InChI=1S/C15H25N3S/c1-12-13(11-16-15(2,3)4)5-6-14(17-12)18-7-9-19-10-8-18/h5-6,16H,7-11H2,1-4H3. The van der Waals surface area contributed by atoms with Gasteiger partial charge in [0.15, 0.2) is 0 Å². The summed E-state index contributed by atoms with van der Waals surface area (Å²) in [5, 5.41) is 3.52. The molecule has 0 amide bonds.